The summed E-state index contributed by atoms with van der Waals surface area (Å²) in [7, 11) is 0. The molecule has 1 aromatic heterocycles. The van der Waals surface area contributed by atoms with Crippen molar-refractivity contribution in [3.8, 4) is 11.8 Å². The third-order valence-electron chi connectivity index (χ3n) is 2.41. The normalized spacial score (nSPS) is 9.68. The highest BCUT2D eigenvalue weighted by atomic mass is 16.5. The Kier molecular flexibility index (Phi) is 4.29. The molecule has 5 heteroatoms. The van der Waals surface area contributed by atoms with Gasteiger partial charge >= 0.3 is 0 Å². The van der Waals surface area contributed by atoms with Crippen LogP contribution in [-0.2, 0) is 6.61 Å². The first-order valence-corrected chi connectivity index (χ1v) is 5.99. The topological polar surface area (TPSA) is 70.8 Å². The predicted molar refractivity (Wildman–Crippen MR) is 71.7 cm³/mol. The lowest BCUT2D eigenvalue weighted by atomic mass is 10.2. The van der Waals surface area contributed by atoms with Crippen molar-refractivity contribution < 1.29 is 4.74 Å². The highest BCUT2D eigenvalue weighted by molar-refractivity contribution is 5.36. The van der Waals surface area contributed by atoms with Gasteiger partial charge < -0.3 is 10.1 Å². The number of hydrogen-bond donors (Lipinski definition) is 1. The van der Waals surface area contributed by atoms with Crippen molar-refractivity contribution in [2.45, 2.75) is 13.5 Å². The first-order chi connectivity index (χ1) is 9.31. The number of nitriles is 1. The molecule has 96 valence electrons. The first-order valence-electron chi connectivity index (χ1n) is 5.99. The van der Waals surface area contributed by atoms with Gasteiger partial charge in [0.15, 0.2) is 0 Å². The van der Waals surface area contributed by atoms with E-state index in [1.165, 1.54) is 0 Å². The molecule has 0 amide bonds. The van der Waals surface area contributed by atoms with E-state index in [9.17, 15) is 0 Å². The zero-order valence-electron chi connectivity index (χ0n) is 10.6. The van der Waals surface area contributed by atoms with Crippen molar-refractivity contribution in [1.29, 1.82) is 5.26 Å². The van der Waals surface area contributed by atoms with Gasteiger partial charge in [0.2, 0.25) is 0 Å². The molecule has 0 saturated carbocycles. The summed E-state index contributed by atoms with van der Waals surface area (Å²) < 4.78 is 5.56. The van der Waals surface area contributed by atoms with Crippen LogP contribution in [0.2, 0.25) is 0 Å². The molecule has 5 nitrogen and oxygen atoms in total. The van der Waals surface area contributed by atoms with Gasteiger partial charge in [0, 0.05) is 6.54 Å². The zero-order chi connectivity index (χ0) is 13.5. The summed E-state index contributed by atoms with van der Waals surface area (Å²) in [6.45, 7) is 3.14. The third-order valence-corrected chi connectivity index (χ3v) is 2.41. The van der Waals surface area contributed by atoms with Gasteiger partial charge in [-0.2, -0.15) is 5.26 Å². The van der Waals surface area contributed by atoms with E-state index >= 15 is 0 Å². The maximum Gasteiger partial charge on any atom is 0.144 e. The van der Waals surface area contributed by atoms with Crippen molar-refractivity contribution in [2.24, 2.45) is 0 Å². The van der Waals surface area contributed by atoms with Gasteiger partial charge in [0.05, 0.1) is 29.7 Å². The fraction of sp³-hybridized carbons (Fsp3) is 0.214. The van der Waals surface area contributed by atoms with Crippen molar-refractivity contribution >= 4 is 5.82 Å². The quantitative estimate of drug-likeness (QED) is 0.886. The van der Waals surface area contributed by atoms with Gasteiger partial charge in [-0.05, 0) is 25.1 Å². The molecule has 0 fully saturated rings. The van der Waals surface area contributed by atoms with Crippen molar-refractivity contribution in [3.63, 3.8) is 0 Å². The van der Waals surface area contributed by atoms with Crippen molar-refractivity contribution in [3.05, 3.63) is 47.9 Å². The average Bonchev–Trinajstić information content (AvgIpc) is 2.47. The number of benzene rings is 1. The fourth-order valence-electron chi connectivity index (χ4n) is 1.51. The molecule has 0 atom stereocenters. The summed E-state index contributed by atoms with van der Waals surface area (Å²) in [5, 5.41) is 11.9. The predicted octanol–water partition coefficient (Wildman–Crippen LogP) is 2.36. The highest BCUT2D eigenvalue weighted by Gasteiger charge is 2.00. The van der Waals surface area contributed by atoms with Crippen LogP contribution in [0.25, 0.3) is 0 Å². The summed E-state index contributed by atoms with van der Waals surface area (Å²) in [5.74, 6) is 1.40. The van der Waals surface area contributed by atoms with Crippen LogP contribution in [0.1, 0.15) is 18.2 Å². The molecule has 0 aliphatic heterocycles. The molecule has 1 aromatic carbocycles. The molecular weight excluding hydrogens is 240 g/mol. The van der Waals surface area contributed by atoms with Crippen LogP contribution >= 0.6 is 0 Å². The number of aromatic nitrogens is 2. The lowest BCUT2D eigenvalue weighted by molar-refractivity contribution is 0.301. The van der Waals surface area contributed by atoms with Crippen LogP contribution in [0.3, 0.4) is 0 Å². The van der Waals surface area contributed by atoms with Crippen LogP contribution in [0.4, 0.5) is 5.82 Å². The number of nitrogens with zero attached hydrogens (tertiary/aromatic N) is 3. The Morgan fingerprint density at radius 2 is 2.21 bits per heavy atom. The Bertz CT molecular complexity index is 575. The molecule has 1 N–H and O–H groups in total. The summed E-state index contributed by atoms with van der Waals surface area (Å²) in [5.41, 5.74) is 1.31. The Balaban J connectivity index is 1.96. The van der Waals surface area contributed by atoms with E-state index in [0.29, 0.717) is 17.9 Å². The Labute approximate surface area is 111 Å². The fourth-order valence-corrected chi connectivity index (χ4v) is 1.51. The molecule has 0 spiro atoms. The van der Waals surface area contributed by atoms with E-state index < -0.39 is 0 Å². The second-order valence-electron chi connectivity index (χ2n) is 3.85. The van der Waals surface area contributed by atoms with Crippen LogP contribution in [0.15, 0.2) is 36.7 Å². The molecular formula is C14H14N4O. The number of ether oxygens (including phenoxy) is 1. The second-order valence-corrected chi connectivity index (χ2v) is 3.85. The molecule has 0 aliphatic carbocycles. The van der Waals surface area contributed by atoms with E-state index in [1.807, 2.05) is 6.92 Å². The number of hydrogen-bond acceptors (Lipinski definition) is 5. The van der Waals surface area contributed by atoms with Crippen molar-refractivity contribution in [1.82, 2.24) is 9.97 Å². The zero-order valence-corrected chi connectivity index (χ0v) is 10.6. The van der Waals surface area contributed by atoms with Crippen molar-refractivity contribution in [2.75, 3.05) is 11.9 Å². The van der Waals surface area contributed by atoms with Crippen LogP contribution in [0, 0.1) is 11.3 Å². The lowest BCUT2D eigenvalue weighted by Crippen LogP contribution is -2.03. The van der Waals surface area contributed by atoms with Gasteiger partial charge in [-0.15, -0.1) is 0 Å². The van der Waals surface area contributed by atoms with Crippen LogP contribution in [-0.4, -0.2) is 16.5 Å². The molecule has 0 radical (unpaired) electrons. The molecule has 1 heterocycles. The monoisotopic (exact) mass is 254 g/mol. The maximum atomic E-state index is 8.79. The SMILES string of the molecule is CCNc1cnc(COc2cccc(C#N)c2)cn1. The van der Waals surface area contributed by atoms with E-state index in [1.54, 1.807) is 36.7 Å². The van der Waals surface area contributed by atoms with E-state index in [2.05, 4.69) is 21.4 Å². The number of nitrogens with one attached hydrogen (secondary N) is 1. The first kappa shape index (κ1) is 12.8. The lowest BCUT2D eigenvalue weighted by Gasteiger charge is -2.06. The Hall–Kier alpha value is -2.61. The molecule has 0 aliphatic rings. The van der Waals surface area contributed by atoms with Gasteiger partial charge in [0.1, 0.15) is 18.2 Å². The van der Waals surface area contributed by atoms with Gasteiger partial charge in [-0.3, -0.25) is 4.98 Å². The highest BCUT2D eigenvalue weighted by Crippen LogP contribution is 2.14. The molecule has 0 bridgehead atoms. The summed E-state index contributed by atoms with van der Waals surface area (Å²) in [6, 6.07) is 9.09. The molecule has 0 unspecified atom stereocenters. The van der Waals surface area contributed by atoms with Gasteiger partial charge in [-0.1, -0.05) is 6.07 Å². The Morgan fingerprint density at radius 3 is 2.89 bits per heavy atom. The smallest absolute Gasteiger partial charge is 0.144 e. The number of rotatable bonds is 5. The molecule has 0 saturated heterocycles. The van der Waals surface area contributed by atoms with E-state index in [-0.39, 0.29) is 0 Å². The van der Waals surface area contributed by atoms with Gasteiger partial charge in [0.25, 0.3) is 0 Å². The average molecular weight is 254 g/mol. The maximum absolute atomic E-state index is 8.79. The van der Waals surface area contributed by atoms with E-state index in [0.717, 1.165) is 18.1 Å². The van der Waals surface area contributed by atoms with Crippen LogP contribution in [0.5, 0.6) is 5.75 Å². The minimum Gasteiger partial charge on any atom is -0.487 e. The van der Waals surface area contributed by atoms with Gasteiger partial charge in [-0.25, -0.2) is 4.98 Å². The molecule has 19 heavy (non-hydrogen) atoms. The van der Waals surface area contributed by atoms with E-state index in [4.69, 9.17) is 10.00 Å². The second kappa shape index (κ2) is 6.36. The minimum absolute atomic E-state index is 0.328. The minimum atomic E-state index is 0.328. The summed E-state index contributed by atoms with van der Waals surface area (Å²) in [6.07, 6.45) is 3.35. The largest absolute Gasteiger partial charge is 0.487 e. The Morgan fingerprint density at radius 1 is 1.32 bits per heavy atom. The standard InChI is InChI=1S/C14H14N4O/c1-2-16-14-9-17-12(8-18-14)10-19-13-5-3-4-11(6-13)7-15/h3-6,8-9H,2,10H2,1H3,(H,16,18). The number of anilines is 1. The third kappa shape index (κ3) is 3.68. The summed E-state index contributed by atoms with van der Waals surface area (Å²) >= 11 is 0. The molecule has 2 aromatic rings. The van der Waals surface area contributed by atoms with Crippen LogP contribution < -0.4 is 10.1 Å². The summed E-state index contributed by atoms with van der Waals surface area (Å²) in [4.78, 5) is 8.45. The molecule has 2 rings (SSSR count).